The van der Waals surface area contributed by atoms with E-state index in [4.69, 9.17) is 0 Å². The molecule has 76 valence electrons. The lowest BCUT2D eigenvalue weighted by atomic mass is 10.0. The second-order valence-electron chi connectivity index (χ2n) is 3.97. The molecule has 0 aromatic rings. The van der Waals surface area contributed by atoms with E-state index in [1.807, 2.05) is 14.1 Å². The van der Waals surface area contributed by atoms with Gasteiger partial charge < -0.3 is 10.2 Å². The van der Waals surface area contributed by atoms with Gasteiger partial charge in [-0.2, -0.15) is 0 Å². The van der Waals surface area contributed by atoms with Crippen LogP contribution in [0.5, 0.6) is 0 Å². The molecule has 1 aliphatic heterocycles. The highest BCUT2D eigenvalue weighted by Crippen LogP contribution is 2.11. The lowest BCUT2D eigenvalue weighted by Crippen LogP contribution is -2.35. The number of carbonyl (C=O) groups excluding carboxylic acids is 1. The van der Waals surface area contributed by atoms with Crippen molar-refractivity contribution in [3.05, 3.63) is 0 Å². The molecule has 3 heteroatoms. The van der Waals surface area contributed by atoms with Crippen LogP contribution in [-0.2, 0) is 4.79 Å². The Morgan fingerprint density at radius 2 is 2.23 bits per heavy atom. The molecule has 0 radical (unpaired) electrons. The highest BCUT2D eigenvalue weighted by atomic mass is 16.2. The van der Waals surface area contributed by atoms with Gasteiger partial charge in [0.1, 0.15) is 0 Å². The van der Waals surface area contributed by atoms with E-state index in [9.17, 15) is 4.79 Å². The maximum atomic E-state index is 11.3. The van der Waals surface area contributed by atoms with Crippen molar-refractivity contribution in [2.24, 2.45) is 0 Å². The molecule has 0 bridgehead atoms. The molecule has 1 heterocycles. The lowest BCUT2D eigenvalue weighted by Gasteiger charge is -2.23. The molecular weight excluding hydrogens is 164 g/mol. The molecule has 1 rings (SSSR count). The Hall–Kier alpha value is -0.570. The van der Waals surface area contributed by atoms with Gasteiger partial charge in [0.15, 0.2) is 0 Å². The fraction of sp³-hybridized carbons (Fsp3) is 0.900. The number of nitrogens with zero attached hydrogens (tertiary/aromatic N) is 1. The predicted octanol–water partition coefficient (Wildman–Crippen LogP) is 0.997. The van der Waals surface area contributed by atoms with E-state index < -0.39 is 0 Å². The smallest absolute Gasteiger partial charge is 0.222 e. The summed E-state index contributed by atoms with van der Waals surface area (Å²) >= 11 is 0. The third-order valence-corrected chi connectivity index (χ3v) is 2.62. The first-order valence-corrected chi connectivity index (χ1v) is 5.13. The van der Waals surface area contributed by atoms with Crippen LogP contribution in [-0.4, -0.2) is 37.5 Å². The maximum absolute atomic E-state index is 11.3. The summed E-state index contributed by atoms with van der Waals surface area (Å²) in [5.74, 6) is 0.243. The molecule has 0 aliphatic carbocycles. The summed E-state index contributed by atoms with van der Waals surface area (Å²) in [7, 11) is 3.63. The third kappa shape index (κ3) is 3.77. The highest BCUT2D eigenvalue weighted by Gasteiger charge is 2.14. The minimum atomic E-state index is 0.243. The summed E-state index contributed by atoms with van der Waals surface area (Å²) < 4.78 is 0. The number of carbonyl (C=O) groups is 1. The monoisotopic (exact) mass is 184 g/mol. The summed E-state index contributed by atoms with van der Waals surface area (Å²) in [5, 5.41) is 3.44. The van der Waals surface area contributed by atoms with Crippen LogP contribution in [0.3, 0.4) is 0 Å². The first-order valence-electron chi connectivity index (χ1n) is 5.13. The zero-order valence-corrected chi connectivity index (χ0v) is 8.68. The Morgan fingerprint density at radius 3 is 2.77 bits per heavy atom. The van der Waals surface area contributed by atoms with E-state index >= 15 is 0 Å². The molecular formula is C10H20N2O. The second kappa shape index (κ2) is 5.22. The summed E-state index contributed by atoms with van der Waals surface area (Å²) in [5.41, 5.74) is 0. The van der Waals surface area contributed by atoms with Gasteiger partial charge in [-0.25, -0.2) is 0 Å². The van der Waals surface area contributed by atoms with Gasteiger partial charge in [0, 0.05) is 26.6 Å². The van der Waals surface area contributed by atoms with Crippen LogP contribution < -0.4 is 5.32 Å². The zero-order chi connectivity index (χ0) is 9.68. The van der Waals surface area contributed by atoms with Gasteiger partial charge in [0.25, 0.3) is 0 Å². The number of amides is 1. The Bertz CT molecular complexity index is 162. The minimum absolute atomic E-state index is 0.243. The molecule has 0 aromatic carbocycles. The van der Waals surface area contributed by atoms with Crippen molar-refractivity contribution in [2.45, 2.75) is 38.1 Å². The van der Waals surface area contributed by atoms with Crippen molar-refractivity contribution < 1.29 is 4.79 Å². The summed E-state index contributed by atoms with van der Waals surface area (Å²) in [6.45, 7) is 1.13. The van der Waals surface area contributed by atoms with Crippen LogP contribution in [0.2, 0.25) is 0 Å². The van der Waals surface area contributed by atoms with Gasteiger partial charge in [-0.1, -0.05) is 6.42 Å². The molecule has 0 spiro atoms. The average molecular weight is 184 g/mol. The fourth-order valence-corrected chi connectivity index (χ4v) is 1.69. The molecule has 0 unspecified atom stereocenters. The molecule has 0 saturated carbocycles. The van der Waals surface area contributed by atoms with Crippen molar-refractivity contribution in [2.75, 3.05) is 20.6 Å². The van der Waals surface area contributed by atoms with E-state index in [1.54, 1.807) is 4.90 Å². The molecule has 1 amide bonds. The molecule has 1 N–H and O–H groups in total. The van der Waals surface area contributed by atoms with Gasteiger partial charge in [0.2, 0.25) is 5.91 Å². The first kappa shape index (κ1) is 10.5. The third-order valence-electron chi connectivity index (χ3n) is 2.62. The normalized spacial score (nSPS) is 22.8. The van der Waals surface area contributed by atoms with Crippen LogP contribution >= 0.6 is 0 Å². The Labute approximate surface area is 80.5 Å². The molecule has 3 nitrogen and oxygen atoms in total. The van der Waals surface area contributed by atoms with Crippen molar-refractivity contribution in [1.82, 2.24) is 10.2 Å². The number of hydrogen-bond acceptors (Lipinski definition) is 2. The predicted molar refractivity (Wildman–Crippen MR) is 53.6 cm³/mol. The van der Waals surface area contributed by atoms with E-state index in [-0.39, 0.29) is 5.91 Å². The summed E-state index contributed by atoms with van der Waals surface area (Å²) in [6, 6.07) is 0.581. The molecule has 0 aromatic heterocycles. The highest BCUT2D eigenvalue weighted by molar-refractivity contribution is 5.75. The minimum Gasteiger partial charge on any atom is -0.349 e. The SMILES string of the molecule is CN(C)C(=O)CC[C@@H]1CCCCN1. The van der Waals surface area contributed by atoms with Crippen LogP contribution in [0.15, 0.2) is 0 Å². The number of hydrogen-bond donors (Lipinski definition) is 1. The Kier molecular flexibility index (Phi) is 4.22. The van der Waals surface area contributed by atoms with Gasteiger partial charge in [-0.3, -0.25) is 4.79 Å². The van der Waals surface area contributed by atoms with Crippen molar-refractivity contribution in [3.8, 4) is 0 Å². The Balaban J connectivity index is 2.13. The zero-order valence-electron chi connectivity index (χ0n) is 8.68. The van der Waals surface area contributed by atoms with Crippen LogP contribution in [0, 0.1) is 0 Å². The lowest BCUT2D eigenvalue weighted by molar-refractivity contribution is -0.128. The second-order valence-corrected chi connectivity index (χ2v) is 3.97. The molecule has 1 atom stereocenters. The quantitative estimate of drug-likeness (QED) is 0.709. The standard InChI is InChI=1S/C10H20N2O/c1-12(2)10(13)7-6-9-5-3-4-8-11-9/h9,11H,3-8H2,1-2H3/t9-/m0/s1. The molecule has 1 aliphatic rings. The van der Waals surface area contributed by atoms with Crippen molar-refractivity contribution in [3.63, 3.8) is 0 Å². The van der Waals surface area contributed by atoms with Crippen LogP contribution in [0.1, 0.15) is 32.1 Å². The van der Waals surface area contributed by atoms with Crippen LogP contribution in [0.4, 0.5) is 0 Å². The number of nitrogens with one attached hydrogen (secondary N) is 1. The van der Waals surface area contributed by atoms with Crippen LogP contribution in [0.25, 0.3) is 0 Å². The fourth-order valence-electron chi connectivity index (χ4n) is 1.69. The molecule has 13 heavy (non-hydrogen) atoms. The van der Waals surface area contributed by atoms with Crippen molar-refractivity contribution >= 4 is 5.91 Å². The first-order chi connectivity index (χ1) is 6.20. The van der Waals surface area contributed by atoms with Crippen molar-refractivity contribution in [1.29, 1.82) is 0 Å². The van der Waals surface area contributed by atoms with E-state index in [0.29, 0.717) is 12.5 Å². The van der Waals surface area contributed by atoms with E-state index in [1.165, 1.54) is 19.3 Å². The number of rotatable bonds is 3. The number of piperidine rings is 1. The van der Waals surface area contributed by atoms with Gasteiger partial charge in [-0.15, -0.1) is 0 Å². The average Bonchev–Trinajstić information content (AvgIpc) is 2.15. The summed E-state index contributed by atoms with van der Waals surface area (Å²) in [4.78, 5) is 13.0. The largest absolute Gasteiger partial charge is 0.349 e. The van der Waals surface area contributed by atoms with Gasteiger partial charge >= 0.3 is 0 Å². The van der Waals surface area contributed by atoms with Gasteiger partial charge in [0.05, 0.1) is 0 Å². The summed E-state index contributed by atoms with van der Waals surface area (Å²) in [6.07, 6.45) is 5.52. The molecule has 1 saturated heterocycles. The molecule has 1 fully saturated rings. The van der Waals surface area contributed by atoms with E-state index in [2.05, 4.69) is 5.32 Å². The van der Waals surface area contributed by atoms with E-state index in [0.717, 1.165) is 13.0 Å². The topological polar surface area (TPSA) is 32.3 Å². The maximum Gasteiger partial charge on any atom is 0.222 e. The Morgan fingerprint density at radius 1 is 1.46 bits per heavy atom. The van der Waals surface area contributed by atoms with Gasteiger partial charge in [-0.05, 0) is 25.8 Å².